The summed E-state index contributed by atoms with van der Waals surface area (Å²) in [5.41, 5.74) is 1.43. The van der Waals surface area contributed by atoms with Crippen molar-refractivity contribution in [3.05, 3.63) is 35.4 Å². The van der Waals surface area contributed by atoms with Gasteiger partial charge in [-0.1, -0.05) is 24.3 Å². The van der Waals surface area contributed by atoms with E-state index in [-0.39, 0.29) is 5.78 Å². The average molecular weight is 206 g/mol. The molecule has 0 aromatic heterocycles. The second-order valence-corrected chi connectivity index (χ2v) is 4.62. The van der Waals surface area contributed by atoms with Crippen LogP contribution in [-0.2, 0) is 11.2 Å². The Balaban J connectivity index is 2.10. The molecule has 1 aliphatic carbocycles. The molecule has 0 heterocycles. The molecule has 15 heavy (non-hydrogen) atoms. The molecule has 0 spiro atoms. The van der Waals surface area contributed by atoms with Crippen molar-refractivity contribution in [1.82, 2.24) is 0 Å². The van der Waals surface area contributed by atoms with Crippen LogP contribution >= 0.6 is 0 Å². The molecule has 1 aromatic carbocycles. The molecule has 0 aliphatic heterocycles. The minimum atomic E-state index is -0.922. The van der Waals surface area contributed by atoms with Crippen molar-refractivity contribution in [2.24, 2.45) is 5.41 Å². The summed E-state index contributed by atoms with van der Waals surface area (Å²) in [5, 5.41) is 0. The van der Waals surface area contributed by atoms with Crippen LogP contribution in [0.4, 0.5) is 4.39 Å². The Hall–Kier alpha value is -1.18. The number of ketones is 1. The van der Waals surface area contributed by atoms with E-state index < -0.39 is 11.6 Å². The fourth-order valence-electron chi connectivity index (χ4n) is 1.79. The average Bonchev–Trinajstić information content (AvgIpc) is 2.80. The highest BCUT2D eigenvalue weighted by Gasteiger charge is 2.56. The molecule has 1 nitrogen and oxygen atoms in total. The molecule has 0 bridgehead atoms. The molecular formula is C13H15FO. The Morgan fingerprint density at radius 2 is 2.13 bits per heavy atom. The SMILES string of the molecule is Cc1ccccc1CC(=O)C1(C)CC1F. The van der Waals surface area contributed by atoms with Crippen LogP contribution in [0.2, 0.25) is 0 Å². The minimum absolute atomic E-state index is 0.0318. The van der Waals surface area contributed by atoms with Gasteiger partial charge in [-0.2, -0.15) is 0 Å². The zero-order chi connectivity index (χ0) is 11.1. The van der Waals surface area contributed by atoms with Crippen LogP contribution in [0.25, 0.3) is 0 Å². The fourth-order valence-corrected chi connectivity index (χ4v) is 1.79. The van der Waals surface area contributed by atoms with Crippen LogP contribution in [0, 0.1) is 12.3 Å². The number of hydrogen-bond donors (Lipinski definition) is 0. The Morgan fingerprint density at radius 1 is 1.53 bits per heavy atom. The summed E-state index contributed by atoms with van der Waals surface area (Å²) in [6.07, 6.45) is -0.157. The molecule has 2 unspecified atom stereocenters. The van der Waals surface area contributed by atoms with Gasteiger partial charge < -0.3 is 0 Å². The third-order valence-electron chi connectivity index (χ3n) is 3.38. The van der Waals surface area contributed by atoms with Crippen molar-refractivity contribution in [2.75, 3.05) is 0 Å². The summed E-state index contributed by atoms with van der Waals surface area (Å²) < 4.78 is 13.0. The maximum Gasteiger partial charge on any atom is 0.146 e. The lowest BCUT2D eigenvalue weighted by Crippen LogP contribution is -2.17. The van der Waals surface area contributed by atoms with E-state index in [1.54, 1.807) is 6.92 Å². The zero-order valence-corrected chi connectivity index (χ0v) is 9.09. The first-order chi connectivity index (χ1) is 7.04. The Bertz CT molecular complexity index is 399. The molecule has 2 atom stereocenters. The minimum Gasteiger partial charge on any atom is -0.299 e. The molecule has 80 valence electrons. The fraction of sp³-hybridized carbons (Fsp3) is 0.462. The quantitative estimate of drug-likeness (QED) is 0.743. The monoisotopic (exact) mass is 206 g/mol. The van der Waals surface area contributed by atoms with Crippen LogP contribution in [0.5, 0.6) is 0 Å². The molecular weight excluding hydrogens is 191 g/mol. The van der Waals surface area contributed by atoms with Gasteiger partial charge in [-0.25, -0.2) is 4.39 Å². The highest BCUT2D eigenvalue weighted by Crippen LogP contribution is 2.49. The van der Waals surface area contributed by atoms with E-state index >= 15 is 0 Å². The van der Waals surface area contributed by atoms with Gasteiger partial charge in [0.05, 0.1) is 5.41 Å². The van der Waals surface area contributed by atoms with Crippen LogP contribution in [0.15, 0.2) is 24.3 Å². The number of aryl methyl sites for hydroxylation is 1. The van der Waals surface area contributed by atoms with Crippen LogP contribution in [0.3, 0.4) is 0 Å². The van der Waals surface area contributed by atoms with E-state index in [0.717, 1.165) is 11.1 Å². The number of halogens is 1. The van der Waals surface area contributed by atoms with Crippen LogP contribution in [-0.4, -0.2) is 12.0 Å². The molecule has 2 rings (SSSR count). The number of carbonyl (C=O) groups is 1. The van der Waals surface area contributed by atoms with E-state index in [0.29, 0.717) is 12.8 Å². The van der Waals surface area contributed by atoms with Crippen molar-refractivity contribution in [3.8, 4) is 0 Å². The van der Waals surface area contributed by atoms with Gasteiger partial charge in [-0.3, -0.25) is 4.79 Å². The van der Waals surface area contributed by atoms with E-state index in [2.05, 4.69) is 0 Å². The first kappa shape index (κ1) is 10.3. The molecule has 1 saturated carbocycles. The second kappa shape index (κ2) is 3.44. The van der Waals surface area contributed by atoms with Gasteiger partial charge >= 0.3 is 0 Å². The summed E-state index contributed by atoms with van der Waals surface area (Å²) in [4.78, 5) is 11.8. The van der Waals surface area contributed by atoms with Gasteiger partial charge in [-0.05, 0) is 31.4 Å². The Morgan fingerprint density at radius 3 is 2.67 bits per heavy atom. The number of benzene rings is 1. The van der Waals surface area contributed by atoms with Gasteiger partial charge in [0.25, 0.3) is 0 Å². The van der Waals surface area contributed by atoms with Crippen molar-refractivity contribution < 1.29 is 9.18 Å². The summed E-state index contributed by atoms with van der Waals surface area (Å²) >= 11 is 0. The van der Waals surface area contributed by atoms with Crippen molar-refractivity contribution in [3.63, 3.8) is 0 Å². The summed E-state index contributed by atoms with van der Waals surface area (Å²) in [6.45, 7) is 3.70. The molecule has 1 fully saturated rings. The summed E-state index contributed by atoms with van der Waals surface area (Å²) in [6, 6.07) is 7.77. The normalized spacial score (nSPS) is 28.9. The lowest BCUT2D eigenvalue weighted by atomic mass is 9.95. The highest BCUT2D eigenvalue weighted by atomic mass is 19.1. The van der Waals surface area contributed by atoms with Crippen LogP contribution in [0.1, 0.15) is 24.5 Å². The van der Waals surface area contributed by atoms with E-state index in [4.69, 9.17) is 0 Å². The number of hydrogen-bond acceptors (Lipinski definition) is 1. The van der Waals surface area contributed by atoms with Crippen molar-refractivity contribution in [1.29, 1.82) is 0 Å². The first-order valence-corrected chi connectivity index (χ1v) is 5.26. The molecule has 0 saturated heterocycles. The first-order valence-electron chi connectivity index (χ1n) is 5.26. The number of carbonyl (C=O) groups excluding carboxylic acids is 1. The third kappa shape index (κ3) is 1.81. The molecule has 2 heteroatoms. The van der Waals surface area contributed by atoms with Gasteiger partial charge in [-0.15, -0.1) is 0 Å². The summed E-state index contributed by atoms with van der Waals surface area (Å²) in [5.74, 6) is 0.0318. The molecule has 0 N–H and O–H groups in total. The zero-order valence-electron chi connectivity index (χ0n) is 9.09. The van der Waals surface area contributed by atoms with E-state index in [9.17, 15) is 9.18 Å². The smallest absolute Gasteiger partial charge is 0.146 e. The van der Waals surface area contributed by atoms with Crippen molar-refractivity contribution in [2.45, 2.75) is 32.9 Å². The molecule has 0 radical (unpaired) electrons. The van der Waals surface area contributed by atoms with E-state index in [1.807, 2.05) is 31.2 Å². The maximum absolute atomic E-state index is 13.0. The lowest BCUT2D eigenvalue weighted by Gasteiger charge is -2.09. The molecule has 0 amide bonds. The number of alkyl halides is 1. The van der Waals surface area contributed by atoms with Gasteiger partial charge in [0.15, 0.2) is 0 Å². The predicted octanol–water partition coefficient (Wildman–Crippen LogP) is 2.85. The number of rotatable bonds is 3. The maximum atomic E-state index is 13.0. The predicted molar refractivity (Wildman–Crippen MR) is 57.5 cm³/mol. The van der Waals surface area contributed by atoms with Crippen molar-refractivity contribution >= 4 is 5.78 Å². The van der Waals surface area contributed by atoms with Gasteiger partial charge in [0, 0.05) is 6.42 Å². The highest BCUT2D eigenvalue weighted by molar-refractivity contribution is 5.90. The van der Waals surface area contributed by atoms with E-state index in [1.165, 1.54) is 0 Å². The summed E-state index contributed by atoms with van der Waals surface area (Å²) in [7, 11) is 0. The van der Waals surface area contributed by atoms with Gasteiger partial charge in [0.1, 0.15) is 12.0 Å². The Kier molecular flexibility index (Phi) is 2.37. The number of Topliss-reactive ketones (excluding diaryl/α,β-unsaturated/α-hetero) is 1. The van der Waals surface area contributed by atoms with Gasteiger partial charge in [0.2, 0.25) is 0 Å². The second-order valence-electron chi connectivity index (χ2n) is 4.62. The standard InChI is InChI=1S/C13H15FO/c1-9-5-3-4-6-10(9)7-12(15)13(2)8-11(13)14/h3-6,11H,7-8H2,1-2H3. The lowest BCUT2D eigenvalue weighted by molar-refractivity contribution is -0.123. The Labute approximate surface area is 89.3 Å². The largest absolute Gasteiger partial charge is 0.299 e. The topological polar surface area (TPSA) is 17.1 Å². The third-order valence-corrected chi connectivity index (χ3v) is 3.38. The molecule has 1 aliphatic rings. The van der Waals surface area contributed by atoms with Crippen LogP contribution < -0.4 is 0 Å². The molecule has 1 aromatic rings.